The molecule has 6 nitrogen and oxygen atoms in total. The Morgan fingerprint density at radius 1 is 1.36 bits per heavy atom. The fraction of sp³-hybridized carbons (Fsp3) is 0.444. The van der Waals surface area contributed by atoms with Crippen LogP contribution in [-0.2, 0) is 20.7 Å². The third kappa shape index (κ3) is 7.47. The van der Waals surface area contributed by atoms with Crippen LogP contribution in [0.3, 0.4) is 0 Å². The van der Waals surface area contributed by atoms with Crippen molar-refractivity contribution in [1.82, 2.24) is 5.32 Å². The van der Waals surface area contributed by atoms with Gasteiger partial charge in [0.05, 0.1) is 12.1 Å². The number of carbonyl (C=O) groups is 2. The summed E-state index contributed by atoms with van der Waals surface area (Å²) in [5.74, 6) is -0.0611. The van der Waals surface area contributed by atoms with Crippen molar-refractivity contribution in [3.8, 4) is 5.75 Å². The van der Waals surface area contributed by atoms with Gasteiger partial charge in [0.2, 0.25) is 0 Å². The summed E-state index contributed by atoms with van der Waals surface area (Å²) in [7, 11) is 1.26. The highest BCUT2D eigenvalue weighted by molar-refractivity contribution is 6.32. The maximum absolute atomic E-state index is 11.9. The molecular weight excluding hydrogens is 346 g/mol. The van der Waals surface area contributed by atoms with Gasteiger partial charge in [-0.25, -0.2) is 9.59 Å². The molecule has 138 valence electrons. The zero-order valence-electron chi connectivity index (χ0n) is 14.9. The van der Waals surface area contributed by atoms with Gasteiger partial charge in [0.1, 0.15) is 24.0 Å². The Hall–Kier alpha value is -2.21. The number of esters is 1. The molecule has 7 heteroatoms. The number of hydrogen-bond acceptors (Lipinski definition) is 5. The third-order valence-corrected chi connectivity index (χ3v) is 3.26. The van der Waals surface area contributed by atoms with E-state index < -0.39 is 23.7 Å². The van der Waals surface area contributed by atoms with E-state index in [0.29, 0.717) is 17.4 Å². The second-order valence-electron chi connectivity index (χ2n) is 6.29. The Bertz CT molecular complexity index is 624. The van der Waals surface area contributed by atoms with E-state index >= 15 is 0 Å². The highest BCUT2D eigenvalue weighted by atomic mass is 35.5. The minimum Gasteiger partial charge on any atom is -0.488 e. The van der Waals surface area contributed by atoms with Crippen LogP contribution in [0.1, 0.15) is 26.3 Å². The average molecular weight is 370 g/mol. The van der Waals surface area contributed by atoms with Gasteiger partial charge in [0.15, 0.2) is 0 Å². The first-order valence-electron chi connectivity index (χ1n) is 7.75. The van der Waals surface area contributed by atoms with Gasteiger partial charge in [0, 0.05) is 6.42 Å². The van der Waals surface area contributed by atoms with Crippen molar-refractivity contribution in [3.05, 3.63) is 41.4 Å². The molecule has 1 aromatic rings. The number of halogens is 1. The first-order chi connectivity index (χ1) is 11.7. The first kappa shape index (κ1) is 20.8. The molecule has 25 heavy (non-hydrogen) atoms. The Morgan fingerprint density at radius 3 is 2.56 bits per heavy atom. The number of alkyl carbamates (subject to hydrolysis) is 1. The number of ether oxygens (including phenoxy) is 3. The first-order valence-corrected chi connectivity index (χ1v) is 8.13. The van der Waals surface area contributed by atoms with Crippen LogP contribution in [0.5, 0.6) is 5.75 Å². The van der Waals surface area contributed by atoms with Crippen LogP contribution in [0.15, 0.2) is 30.9 Å². The van der Waals surface area contributed by atoms with Gasteiger partial charge in [-0.2, -0.15) is 0 Å². The number of rotatable bonds is 7. The van der Waals surface area contributed by atoms with Gasteiger partial charge in [-0.05, 0) is 38.5 Å². The lowest BCUT2D eigenvalue weighted by Gasteiger charge is -2.22. The van der Waals surface area contributed by atoms with Crippen molar-refractivity contribution >= 4 is 23.7 Å². The van der Waals surface area contributed by atoms with Crippen LogP contribution in [0, 0.1) is 0 Å². The van der Waals surface area contributed by atoms with Crippen LogP contribution >= 0.6 is 11.6 Å². The SMILES string of the molecule is C=CCOc1ccc(CC(NC(=O)OC(C)(C)C)C(=O)OC)cc1Cl. The third-order valence-electron chi connectivity index (χ3n) is 2.97. The van der Waals surface area contributed by atoms with E-state index in [0.717, 1.165) is 5.56 Å². The molecule has 0 aliphatic carbocycles. The van der Waals surface area contributed by atoms with Gasteiger partial charge in [-0.1, -0.05) is 30.3 Å². The average Bonchev–Trinajstić information content (AvgIpc) is 2.51. The fourth-order valence-corrected chi connectivity index (χ4v) is 2.22. The fourth-order valence-electron chi connectivity index (χ4n) is 1.96. The molecule has 1 rings (SSSR count). The van der Waals surface area contributed by atoms with Crippen molar-refractivity contribution in [3.63, 3.8) is 0 Å². The second kappa shape index (κ2) is 9.32. The van der Waals surface area contributed by atoms with E-state index in [1.165, 1.54) is 7.11 Å². The van der Waals surface area contributed by atoms with Gasteiger partial charge >= 0.3 is 12.1 Å². The smallest absolute Gasteiger partial charge is 0.408 e. The van der Waals surface area contributed by atoms with Crippen LogP contribution in [0.4, 0.5) is 4.79 Å². The number of carbonyl (C=O) groups excluding carboxylic acids is 2. The van der Waals surface area contributed by atoms with Crippen LogP contribution in [0.2, 0.25) is 5.02 Å². The number of amides is 1. The number of hydrogen-bond donors (Lipinski definition) is 1. The maximum Gasteiger partial charge on any atom is 0.408 e. The molecule has 0 radical (unpaired) electrons. The van der Waals surface area contributed by atoms with Crippen molar-refractivity contribution in [2.24, 2.45) is 0 Å². The number of benzene rings is 1. The number of nitrogens with one attached hydrogen (secondary N) is 1. The lowest BCUT2D eigenvalue weighted by atomic mass is 10.1. The highest BCUT2D eigenvalue weighted by Crippen LogP contribution is 2.26. The zero-order chi connectivity index (χ0) is 19.0. The molecule has 0 spiro atoms. The summed E-state index contributed by atoms with van der Waals surface area (Å²) >= 11 is 6.17. The molecule has 0 saturated carbocycles. The van der Waals surface area contributed by atoms with Gasteiger partial charge in [-0.15, -0.1) is 0 Å². The van der Waals surface area contributed by atoms with E-state index in [-0.39, 0.29) is 6.42 Å². The van der Waals surface area contributed by atoms with Crippen LogP contribution < -0.4 is 10.1 Å². The molecular formula is C18H24ClNO5. The molecule has 0 heterocycles. The minimum atomic E-state index is -0.893. The van der Waals surface area contributed by atoms with Crippen LogP contribution in [-0.4, -0.2) is 37.4 Å². The molecule has 0 aliphatic rings. The van der Waals surface area contributed by atoms with E-state index in [1.807, 2.05) is 0 Å². The Balaban J connectivity index is 2.84. The molecule has 1 atom stereocenters. The zero-order valence-corrected chi connectivity index (χ0v) is 15.7. The lowest BCUT2D eigenvalue weighted by molar-refractivity contribution is -0.143. The standard InChI is InChI=1S/C18H24ClNO5/c1-6-9-24-15-8-7-12(10-13(15)19)11-14(16(21)23-5)20-17(22)25-18(2,3)4/h6-8,10,14H,1,9,11H2,2-5H3,(H,20,22). The van der Waals surface area contributed by atoms with E-state index in [4.69, 9.17) is 25.8 Å². The molecule has 0 aromatic heterocycles. The Labute approximate surface area is 153 Å². The van der Waals surface area contributed by atoms with Crippen LogP contribution in [0.25, 0.3) is 0 Å². The van der Waals surface area contributed by atoms with Gasteiger partial charge < -0.3 is 19.5 Å². The molecule has 0 aliphatic heterocycles. The predicted octanol–water partition coefficient (Wildman–Crippen LogP) is 3.51. The molecule has 1 unspecified atom stereocenters. The molecule has 0 saturated heterocycles. The van der Waals surface area contributed by atoms with Crippen molar-refractivity contribution in [2.75, 3.05) is 13.7 Å². The normalized spacial score (nSPS) is 12.0. The summed E-state index contributed by atoms with van der Waals surface area (Å²) in [6, 6.07) is 4.24. The van der Waals surface area contributed by atoms with E-state index in [1.54, 1.807) is 45.0 Å². The molecule has 1 N–H and O–H groups in total. The second-order valence-corrected chi connectivity index (χ2v) is 6.70. The topological polar surface area (TPSA) is 73.9 Å². The Morgan fingerprint density at radius 2 is 2.04 bits per heavy atom. The molecule has 0 bridgehead atoms. The number of methoxy groups -OCH3 is 1. The quantitative estimate of drug-likeness (QED) is 0.588. The summed E-state index contributed by atoms with van der Waals surface area (Å²) < 4.78 is 15.3. The minimum absolute atomic E-state index is 0.202. The monoisotopic (exact) mass is 369 g/mol. The maximum atomic E-state index is 11.9. The lowest BCUT2D eigenvalue weighted by Crippen LogP contribution is -2.45. The highest BCUT2D eigenvalue weighted by Gasteiger charge is 2.25. The van der Waals surface area contributed by atoms with Gasteiger partial charge in [-0.3, -0.25) is 0 Å². The predicted molar refractivity (Wildman–Crippen MR) is 96.0 cm³/mol. The largest absolute Gasteiger partial charge is 0.488 e. The molecule has 0 fully saturated rings. The van der Waals surface area contributed by atoms with Crippen molar-refractivity contribution in [2.45, 2.75) is 38.8 Å². The van der Waals surface area contributed by atoms with E-state index in [9.17, 15) is 9.59 Å². The van der Waals surface area contributed by atoms with Crippen molar-refractivity contribution in [1.29, 1.82) is 0 Å². The molecule has 1 amide bonds. The molecule has 1 aromatic carbocycles. The van der Waals surface area contributed by atoms with Gasteiger partial charge in [0.25, 0.3) is 0 Å². The summed E-state index contributed by atoms with van der Waals surface area (Å²) in [6.45, 7) is 9.12. The van der Waals surface area contributed by atoms with Crippen molar-refractivity contribution < 1.29 is 23.8 Å². The summed E-state index contributed by atoms with van der Waals surface area (Å²) in [5, 5.41) is 2.92. The van der Waals surface area contributed by atoms with E-state index in [2.05, 4.69) is 11.9 Å². The Kier molecular flexibility index (Phi) is 7.77. The summed E-state index contributed by atoms with van der Waals surface area (Å²) in [5.41, 5.74) is 0.0699. The summed E-state index contributed by atoms with van der Waals surface area (Å²) in [6.07, 6.45) is 1.12. The summed E-state index contributed by atoms with van der Waals surface area (Å²) in [4.78, 5) is 23.9.